The molecule has 0 spiro atoms. The summed E-state index contributed by atoms with van der Waals surface area (Å²) in [4.78, 5) is 16.8. The van der Waals surface area contributed by atoms with Crippen LogP contribution in [-0.4, -0.2) is 56.5 Å². The number of carbonyl (C=O) groups excluding carboxylic acids is 1. The predicted octanol–water partition coefficient (Wildman–Crippen LogP) is 3.38. The Morgan fingerprint density at radius 2 is 1.77 bits per heavy atom. The number of anilines is 5. The molecule has 1 aliphatic rings. The Labute approximate surface area is 181 Å². The third kappa shape index (κ3) is 5.29. The van der Waals surface area contributed by atoms with Crippen molar-refractivity contribution in [2.24, 2.45) is 0 Å². The Hall–Kier alpha value is -3.65. The van der Waals surface area contributed by atoms with Crippen molar-refractivity contribution >= 4 is 34.5 Å². The third-order valence-electron chi connectivity index (χ3n) is 5.06. The lowest BCUT2D eigenvalue weighted by molar-refractivity contribution is 0.102. The van der Waals surface area contributed by atoms with E-state index in [2.05, 4.69) is 25.7 Å². The highest BCUT2D eigenvalue weighted by molar-refractivity contribution is 6.04. The van der Waals surface area contributed by atoms with Crippen LogP contribution < -0.4 is 20.4 Å². The topological polar surface area (TPSA) is 82.6 Å². The molecule has 8 nitrogen and oxygen atoms in total. The van der Waals surface area contributed by atoms with Crippen LogP contribution in [0.25, 0.3) is 0 Å². The molecule has 0 bridgehead atoms. The zero-order chi connectivity index (χ0) is 21.6. The van der Waals surface area contributed by atoms with E-state index >= 15 is 0 Å². The van der Waals surface area contributed by atoms with Crippen LogP contribution in [-0.2, 0) is 4.74 Å². The van der Waals surface area contributed by atoms with Gasteiger partial charge in [-0.1, -0.05) is 6.07 Å². The van der Waals surface area contributed by atoms with Gasteiger partial charge in [-0.3, -0.25) is 4.79 Å². The molecule has 2 N–H and O–H groups in total. The summed E-state index contributed by atoms with van der Waals surface area (Å²) in [7, 11) is 3.90. The molecule has 0 unspecified atom stereocenters. The molecule has 1 aliphatic heterocycles. The molecule has 1 fully saturated rings. The number of ether oxygens (including phenoxy) is 1. The summed E-state index contributed by atoms with van der Waals surface area (Å²) < 4.78 is 5.40. The number of aromatic nitrogens is 2. The second kappa shape index (κ2) is 9.44. The highest BCUT2D eigenvalue weighted by Crippen LogP contribution is 2.22. The maximum Gasteiger partial charge on any atom is 0.255 e. The van der Waals surface area contributed by atoms with Gasteiger partial charge < -0.3 is 25.2 Å². The van der Waals surface area contributed by atoms with Crippen molar-refractivity contribution in [2.75, 3.05) is 60.8 Å². The lowest BCUT2D eigenvalue weighted by Gasteiger charge is -2.28. The highest BCUT2D eigenvalue weighted by Gasteiger charge is 2.13. The number of benzene rings is 2. The molecule has 1 amide bonds. The molecule has 0 aliphatic carbocycles. The molecule has 3 aromatic rings. The number of rotatable bonds is 6. The highest BCUT2D eigenvalue weighted by atomic mass is 16.5. The number of carbonyl (C=O) groups is 1. The standard InChI is InChI=1S/C23H26N6O2/c1-28(2)20-5-3-4-17(14-20)23(30)26-19-8-6-18(7-9-19)25-22-15-21(16-24-27-22)29-10-12-31-13-11-29/h3-9,14-16H,10-13H2,1-2H3,(H,25,27)(H,26,30). The fraction of sp³-hybridized carbons (Fsp3) is 0.261. The molecule has 31 heavy (non-hydrogen) atoms. The van der Waals surface area contributed by atoms with Crippen molar-refractivity contribution in [1.29, 1.82) is 0 Å². The number of morpholine rings is 1. The minimum atomic E-state index is -0.145. The van der Waals surface area contributed by atoms with Gasteiger partial charge in [0.2, 0.25) is 0 Å². The van der Waals surface area contributed by atoms with E-state index in [1.54, 1.807) is 12.3 Å². The summed E-state index contributed by atoms with van der Waals surface area (Å²) in [6.45, 7) is 3.13. The lowest BCUT2D eigenvalue weighted by atomic mass is 10.1. The fourth-order valence-electron chi connectivity index (χ4n) is 3.33. The Morgan fingerprint density at radius 3 is 2.52 bits per heavy atom. The van der Waals surface area contributed by atoms with Gasteiger partial charge in [-0.2, -0.15) is 5.10 Å². The minimum Gasteiger partial charge on any atom is -0.378 e. The van der Waals surface area contributed by atoms with Gasteiger partial charge in [0.1, 0.15) is 0 Å². The largest absolute Gasteiger partial charge is 0.378 e. The molecule has 1 aromatic heterocycles. The summed E-state index contributed by atoms with van der Waals surface area (Å²) in [6, 6.07) is 17.0. The smallest absolute Gasteiger partial charge is 0.255 e. The molecule has 0 atom stereocenters. The van der Waals surface area contributed by atoms with E-state index in [0.717, 1.165) is 49.1 Å². The maximum absolute atomic E-state index is 12.6. The summed E-state index contributed by atoms with van der Waals surface area (Å²) in [5, 5.41) is 14.5. The van der Waals surface area contributed by atoms with Crippen molar-refractivity contribution in [1.82, 2.24) is 10.2 Å². The molecule has 160 valence electrons. The van der Waals surface area contributed by atoms with E-state index in [9.17, 15) is 4.79 Å². The number of nitrogens with zero attached hydrogens (tertiary/aromatic N) is 4. The first-order valence-electron chi connectivity index (χ1n) is 10.2. The minimum absolute atomic E-state index is 0.145. The Morgan fingerprint density at radius 1 is 1.03 bits per heavy atom. The molecule has 1 saturated heterocycles. The fourth-order valence-corrected chi connectivity index (χ4v) is 3.33. The van der Waals surface area contributed by atoms with Gasteiger partial charge in [0.05, 0.1) is 25.1 Å². The summed E-state index contributed by atoms with van der Waals surface area (Å²) >= 11 is 0. The first-order valence-corrected chi connectivity index (χ1v) is 10.2. The van der Waals surface area contributed by atoms with Crippen LogP contribution in [0.2, 0.25) is 0 Å². The Bertz CT molecular complexity index is 1030. The van der Waals surface area contributed by atoms with Crippen LogP contribution in [0.3, 0.4) is 0 Å². The Balaban J connectivity index is 1.39. The van der Waals surface area contributed by atoms with Gasteiger partial charge in [0.15, 0.2) is 5.82 Å². The summed E-state index contributed by atoms with van der Waals surface area (Å²) in [5.41, 5.74) is 4.20. The lowest BCUT2D eigenvalue weighted by Crippen LogP contribution is -2.36. The average molecular weight is 419 g/mol. The number of hydrogen-bond donors (Lipinski definition) is 2. The van der Waals surface area contributed by atoms with Crippen LogP contribution in [0.4, 0.5) is 28.6 Å². The molecule has 0 saturated carbocycles. The SMILES string of the molecule is CN(C)c1cccc(C(=O)Nc2ccc(Nc3cc(N4CCOCC4)cnn3)cc2)c1. The second-order valence-electron chi connectivity index (χ2n) is 7.50. The first kappa shape index (κ1) is 20.6. The van der Waals surface area contributed by atoms with Crippen molar-refractivity contribution in [3.8, 4) is 0 Å². The van der Waals surface area contributed by atoms with Gasteiger partial charge >= 0.3 is 0 Å². The quantitative estimate of drug-likeness (QED) is 0.635. The van der Waals surface area contributed by atoms with Crippen LogP contribution in [0.5, 0.6) is 0 Å². The summed E-state index contributed by atoms with van der Waals surface area (Å²) in [6.07, 6.45) is 1.76. The number of nitrogens with one attached hydrogen (secondary N) is 2. The van der Waals surface area contributed by atoms with Crippen molar-refractivity contribution < 1.29 is 9.53 Å². The molecule has 8 heteroatoms. The summed E-state index contributed by atoms with van der Waals surface area (Å²) in [5.74, 6) is 0.523. The van der Waals surface area contributed by atoms with Crippen LogP contribution in [0, 0.1) is 0 Å². The molecular formula is C23H26N6O2. The molecule has 2 aromatic carbocycles. The van der Waals surface area contributed by atoms with Gasteiger partial charge in [-0.05, 0) is 42.5 Å². The van der Waals surface area contributed by atoms with E-state index in [0.29, 0.717) is 11.4 Å². The van der Waals surface area contributed by atoms with E-state index in [1.165, 1.54) is 0 Å². The van der Waals surface area contributed by atoms with E-state index < -0.39 is 0 Å². The molecule has 2 heterocycles. The van der Waals surface area contributed by atoms with Gasteiger partial charge in [-0.25, -0.2) is 0 Å². The van der Waals surface area contributed by atoms with Gasteiger partial charge in [-0.15, -0.1) is 5.10 Å². The number of hydrogen-bond acceptors (Lipinski definition) is 7. The normalized spacial score (nSPS) is 13.5. The average Bonchev–Trinajstić information content (AvgIpc) is 2.81. The Kier molecular flexibility index (Phi) is 6.28. The zero-order valence-electron chi connectivity index (χ0n) is 17.7. The van der Waals surface area contributed by atoms with Crippen LogP contribution >= 0.6 is 0 Å². The molecule has 4 rings (SSSR count). The predicted molar refractivity (Wildman–Crippen MR) is 124 cm³/mol. The van der Waals surface area contributed by atoms with E-state index in [1.807, 2.05) is 67.5 Å². The monoisotopic (exact) mass is 418 g/mol. The molecular weight excluding hydrogens is 392 g/mol. The number of amides is 1. The van der Waals surface area contributed by atoms with Gasteiger partial charge in [0, 0.05) is 55.9 Å². The van der Waals surface area contributed by atoms with Crippen LogP contribution in [0.15, 0.2) is 60.8 Å². The van der Waals surface area contributed by atoms with Crippen LogP contribution in [0.1, 0.15) is 10.4 Å². The second-order valence-corrected chi connectivity index (χ2v) is 7.50. The first-order chi connectivity index (χ1) is 15.1. The van der Waals surface area contributed by atoms with Crippen molar-refractivity contribution in [2.45, 2.75) is 0 Å². The molecule has 0 radical (unpaired) electrons. The van der Waals surface area contributed by atoms with E-state index in [-0.39, 0.29) is 5.91 Å². The maximum atomic E-state index is 12.6. The van der Waals surface area contributed by atoms with E-state index in [4.69, 9.17) is 4.74 Å². The van der Waals surface area contributed by atoms with Gasteiger partial charge in [0.25, 0.3) is 5.91 Å². The zero-order valence-corrected chi connectivity index (χ0v) is 17.7. The third-order valence-corrected chi connectivity index (χ3v) is 5.06. The van der Waals surface area contributed by atoms with Crippen molar-refractivity contribution in [3.05, 3.63) is 66.4 Å². The van der Waals surface area contributed by atoms with Crippen molar-refractivity contribution in [3.63, 3.8) is 0 Å².